The molecule has 1 aromatic carbocycles. The van der Waals surface area contributed by atoms with E-state index in [1.807, 2.05) is 23.9 Å². The van der Waals surface area contributed by atoms with Crippen molar-refractivity contribution < 1.29 is 33.0 Å². The van der Waals surface area contributed by atoms with Crippen molar-refractivity contribution in [2.24, 2.45) is 28.6 Å². The summed E-state index contributed by atoms with van der Waals surface area (Å²) in [5, 5.41) is 25.8. The molecule has 0 radical (unpaired) electrons. The largest absolute Gasteiger partial charge is 0.457 e. The van der Waals surface area contributed by atoms with Gasteiger partial charge in [0.2, 0.25) is 11.4 Å². The maximum absolute atomic E-state index is 13.7. The molecule has 0 aliphatic heterocycles. The second kappa shape index (κ2) is 10.2. The average molecular weight is 600 g/mol. The van der Waals surface area contributed by atoms with Crippen molar-refractivity contribution >= 4 is 18.0 Å². The summed E-state index contributed by atoms with van der Waals surface area (Å²) in [4.78, 5) is 26.9. The number of carbonyl (C=O) groups is 2. The van der Waals surface area contributed by atoms with Gasteiger partial charge in [0.05, 0.1) is 29.9 Å². The van der Waals surface area contributed by atoms with E-state index in [-0.39, 0.29) is 47.6 Å². The van der Waals surface area contributed by atoms with Gasteiger partial charge in [-0.2, -0.15) is 10.4 Å². The van der Waals surface area contributed by atoms with Crippen LogP contribution in [0.4, 0.5) is 4.39 Å². The fourth-order valence-corrected chi connectivity index (χ4v) is 9.32. The molecule has 228 valence electrons. The van der Waals surface area contributed by atoms with Crippen LogP contribution in [0.25, 0.3) is 11.8 Å². The molecule has 7 atom stereocenters. The highest BCUT2D eigenvalue weighted by Crippen LogP contribution is 2.68. The maximum Gasteiger partial charge on any atom is 0.375 e. The van der Waals surface area contributed by atoms with E-state index < -0.39 is 35.7 Å². The summed E-state index contributed by atoms with van der Waals surface area (Å²) in [6, 6.07) is 11.2. The second-order valence-electron chi connectivity index (χ2n) is 13.2. The Morgan fingerprint density at radius 1 is 1.23 bits per heavy atom. The Hall–Kier alpha value is -4.23. The Balaban J connectivity index is 1.23. The van der Waals surface area contributed by atoms with Crippen LogP contribution in [0.1, 0.15) is 67.8 Å². The molecule has 0 amide bonds. The summed E-state index contributed by atoms with van der Waals surface area (Å²) >= 11 is 0. The van der Waals surface area contributed by atoms with Gasteiger partial charge in [-0.25, -0.2) is 18.7 Å². The van der Waals surface area contributed by atoms with Gasteiger partial charge in [0.15, 0.2) is 6.61 Å². The van der Waals surface area contributed by atoms with Gasteiger partial charge in [-0.3, -0.25) is 0 Å². The molecule has 4 aliphatic carbocycles. The molecule has 0 bridgehead atoms. The van der Waals surface area contributed by atoms with Crippen molar-refractivity contribution in [3.63, 3.8) is 0 Å². The number of hydrogen-bond acceptors (Lipinski definition) is 8. The van der Waals surface area contributed by atoms with E-state index in [2.05, 4.69) is 18.1 Å². The molecular weight excluding hydrogens is 565 g/mol. The summed E-state index contributed by atoms with van der Waals surface area (Å²) in [5.74, 6) is -1.92. The number of furan rings is 1. The van der Waals surface area contributed by atoms with Crippen LogP contribution in [0, 0.1) is 45.7 Å². The minimum Gasteiger partial charge on any atom is -0.457 e. The average Bonchev–Trinajstić information content (AvgIpc) is 3.73. The van der Waals surface area contributed by atoms with Crippen LogP contribution in [-0.2, 0) is 20.7 Å². The molecule has 2 aromatic heterocycles. The molecule has 10 heteroatoms. The van der Waals surface area contributed by atoms with E-state index in [0.29, 0.717) is 12.8 Å². The van der Waals surface area contributed by atoms with Crippen LogP contribution in [0.5, 0.6) is 0 Å². The number of ether oxygens (including phenoxy) is 2. The second-order valence-corrected chi connectivity index (χ2v) is 13.2. The lowest BCUT2D eigenvalue weighted by atomic mass is 9.45. The summed E-state index contributed by atoms with van der Waals surface area (Å²) < 4.78 is 32.1. The zero-order valence-electron chi connectivity index (χ0n) is 24.7. The fraction of sp³-hybridized carbons (Fsp3) is 0.471. The Kier molecular flexibility index (Phi) is 6.59. The minimum atomic E-state index is -1.67. The lowest BCUT2D eigenvalue weighted by Gasteiger charge is -2.60. The topological polar surface area (TPSA) is 128 Å². The molecule has 3 fully saturated rings. The third-order valence-electron chi connectivity index (χ3n) is 11.2. The Morgan fingerprint density at radius 3 is 2.75 bits per heavy atom. The number of aromatic nitrogens is 2. The van der Waals surface area contributed by atoms with Crippen molar-refractivity contribution in [3.05, 3.63) is 77.3 Å². The lowest BCUT2D eigenvalue weighted by Crippen LogP contribution is -2.63. The molecule has 1 N–H and O–H groups in total. The first kappa shape index (κ1) is 28.5. The first-order valence-corrected chi connectivity index (χ1v) is 15.1. The summed E-state index contributed by atoms with van der Waals surface area (Å²) in [5.41, 5.74) is 1.14. The molecule has 3 aromatic rings. The number of benzene rings is 1. The number of nitriles is 1. The van der Waals surface area contributed by atoms with Crippen LogP contribution < -0.4 is 0 Å². The van der Waals surface area contributed by atoms with Crippen molar-refractivity contribution in [2.75, 3.05) is 6.61 Å². The summed E-state index contributed by atoms with van der Waals surface area (Å²) in [6.07, 6.45) is 8.01. The van der Waals surface area contributed by atoms with E-state index in [9.17, 15) is 19.1 Å². The predicted molar refractivity (Wildman–Crippen MR) is 154 cm³/mol. The monoisotopic (exact) mass is 599 g/mol. The molecule has 0 saturated heterocycles. The van der Waals surface area contributed by atoms with Gasteiger partial charge in [0.25, 0.3) is 0 Å². The van der Waals surface area contributed by atoms with Crippen molar-refractivity contribution in [2.45, 2.75) is 64.1 Å². The number of esters is 2. The fourth-order valence-electron chi connectivity index (χ4n) is 9.32. The number of nitrogens with zero attached hydrogens (tertiary/aromatic N) is 3. The maximum atomic E-state index is 13.7. The zero-order chi connectivity index (χ0) is 30.9. The lowest BCUT2D eigenvalue weighted by molar-refractivity contribution is -0.198. The van der Waals surface area contributed by atoms with E-state index in [0.717, 1.165) is 29.8 Å². The normalized spacial score (nSPS) is 33.6. The Morgan fingerprint density at radius 2 is 2.02 bits per heavy atom. The third-order valence-corrected chi connectivity index (χ3v) is 11.2. The van der Waals surface area contributed by atoms with Crippen LogP contribution in [0.3, 0.4) is 0 Å². The standard InChI is InChI=1S/C34H34FN3O6/c1-32-17-20-19-37-38(23-8-6-22(35)7-9-23)26(20)16-21(32)5-10-24-25-11-12-34(31(41)43-15-13-36,33(25,2)18-27(39)29(24)32)44-30(40)28-4-3-14-42-28/h3-4,6-9,14,16,19,24-25,27,29,39H,5,10-12,15,17-18H2,1-2H3/t24-,25-,27-,29+,32-,33-,34-/m0/s1. The number of aliphatic hydroxyl groups is 1. The molecule has 7 rings (SSSR count). The molecule has 3 saturated carbocycles. The smallest absolute Gasteiger partial charge is 0.375 e. The molecule has 44 heavy (non-hydrogen) atoms. The van der Waals surface area contributed by atoms with Crippen LogP contribution >= 0.6 is 0 Å². The zero-order valence-corrected chi connectivity index (χ0v) is 24.7. The molecule has 9 nitrogen and oxygen atoms in total. The van der Waals surface area contributed by atoms with Gasteiger partial charge in [-0.05, 0) is 110 Å². The number of hydrogen-bond donors (Lipinski definition) is 1. The van der Waals surface area contributed by atoms with Gasteiger partial charge >= 0.3 is 11.9 Å². The van der Waals surface area contributed by atoms with Crippen molar-refractivity contribution in [1.29, 1.82) is 5.26 Å². The number of rotatable bonds is 5. The highest BCUT2D eigenvalue weighted by molar-refractivity contribution is 5.91. The SMILES string of the molecule is C[C@]12Cc3cnn(-c4ccc(F)cc4)c3C=C1CC[C@@H]1[C@@H]2[C@@H](O)C[C@@]2(C)[C@H]1CC[C@]2(OC(=O)c1ccco1)C(=O)OCC#N. The van der Waals surface area contributed by atoms with Crippen LogP contribution in [0.2, 0.25) is 0 Å². The van der Waals surface area contributed by atoms with Gasteiger partial charge in [0, 0.05) is 5.41 Å². The highest BCUT2D eigenvalue weighted by Gasteiger charge is 2.71. The van der Waals surface area contributed by atoms with Crippen LogP contribution in [0.15, 0.2) is 58.8 Å². The van der Waals surface area contributed by atoms with E-state index >= 15 is 0 Å². The molecule has 0 spiro atoms. The number of allylic oxidation sites excluding steroid dienone is 1. The van der Waals surface area contributed by atoms with Crippen molar-refractivity contribution in [3.8, 4) is 11.8 Å². The third kappa shape index (κ3) is 4.02. The number of carbonyl (C=O) groups excluding carboxylic acids is 2. The minimum absolute atomic E-state index is 0.0297. The van der Waals surface area contributed by atoms with E-state index in [1.54, 1.807) is 18.2 Å². The number of fused-ring (bicyclic) bond motifs is 6. The molecule has 0 unspecified atom stereocenters. The van der Waals surface area contributed by atoms with Gasteiger partial charge in [0.1, 0.15) is 11.9 Å². The Labute approximate surface area is 254 Å². The predicted octanol–water partition coefficient (Wildman–Crippen LogP) is 5.42. The molecule has 4 aliphatic rings. The van der Waals surface area contributed by atoms with Crippen LogP contribution in [-0.4, -0.2) is 45.1 Å². The number of halogens is 1. The first-order valence-electron chi connectivity index (χ1n) is 15.1. The Bertz CT molecular complexity index is 1690. The van der Waals surface area contributed by atoms with Crippen molar-refractivity contribution in [1.82, 2.24) is 9.78 Å². The van der Waals surface area contributed by atoms with Gasteiger partial charge < -0.3 is 19.0 Å². The molecular formula is C34H34FN3O6. The van der Waals surface area contributed by atoms with Gasteiger partial charge in [-0.15, -0.1) is 0 Å². The summed E-state index contributed by atoms with van der Waals surface area (Å²) in [7, 11) is 0. The quantitative estimate of drug-likeness (QED) is 0.385. The first-order chi connectivity index (χ1) is 21.1. The highest BCUT2D eigenvalue weighted by atomic mass is 19.1. The number of aliphatic hydroxyl groups excluding tert-OH is 1. The molecule has 2 heterocycles. The van der Waals surface area contributed by atoms with Gasteiger partial charge in [-0.1, -0.05) is 19.4 Å². The van der Waals surface area contributed by atoms with E-state index in [4.69, 9.17) is 19.2 Å². The van der Waals surface area contributed by atoms with E-state index in [1.165, 1.54) is 30.0 Å². The summed E-state index contributed by atoms with van der Waals surface area (Å²) in [6.45, 7) is 3.68.